The maximum absolute atomic E-state index is 10.4. The van der Waals surface area contributed by atoms with Crippen molar-refractivity contribution in [3.05, 3.63) is 0 Å². The van der Waals surface area contributed by atoms with Gasteiger partial charge in [0.15, 0.2) is 0 Å². The van der Waals surface area contributed by atoms with E-state index in [2.05, 4.69) is 27.7 Å². The van der Waals surface area contributed by atoms with Crippen molar-refractivity contribution in [2.75, 3.05) is 26.2 Å². The quantitative estimate of drug-likeness (QED) is 0.251. The fraction of sp³-hybridized carbons (Fsp3) is 1.00. The summed E-state index contributed by atoms with van der Waals surface area (Å²) in [6, 6.07) is 0. The molecule has 178 valence electrons. The van der Waals surface area contributed by atoms with Gasteiger partial charge in [-0.2, -0.15) is 16.8 Å². The Kier molecular flexibility index (Phi) is 17.6. The molecule has 0 aliphatic carbocycles. The SMILES string of the molecule is CCCC(S(=O)(=O)O)S(=O)(=O)O.CCCC[N+](CCCC)(CCCC)CCCC. The molecular weight excluding hydrogens is 414 g/mol. The molecule has 0 aromatic carbocycles. The first-order chi connectivity index (χ1) is 13.4. The van der Waals surface area contributed by atoms with Crippen LogP contribution in [0.1, 0.15) is 98.8 Å². The molecule has 0 radical (unpaired) electrons. The first-order valence-corrected chi connectivity index (χ1v) is 14.2. The topological polar surface area (TPSA) is 109 Å². The van der Waals surface area contributed by atoms with Crippen LogP contribution >= 0.6 is 0 Å². The molecule has 2 N–H and O–H groups in total. The third kappa shape index (κ3) is 15.3. The predicted molar refractivity (Wildman–Crippen MR) is 121 cm³/mol. The third-order valence-corrected chi connectivity index (χ3v) is 8.39. The molecule has 0 unspecified atom stereocenters. The molecule has 0 atom stereocenters. The zero-order valence-corrected chi connectivity index (χ0v) is 20.9. The van der Waals surface area contributed by atoms with Gasteiger partial charge in [-0.1, -0.05) is 66.7 Å². The molecule has 0 rings (SSSR count). The Labute approximate surface area is 180 Å². The van der Waals surface area contributed by atoms with Crippen molar-refractivity contribution in [1.29, 1.82) is 0 Å². The predicted octanol–water partition coefficient (Wildman–Crippen LogP) is 4.89. The number of hydrogen-bond acceptors (Lipinski definition) is 4. The third-order valence-electron chi connectivity index (χ3n) is 5.13. The molecule has 0 aliphatic heterocycles. The van der Waals surface area contributed by atoms with Gasteiger partial charge in [-0.3, -0.25) is 9.11 Å². The first kappa shape index (κ1) is 31.0. The Bertz CT molecular complexity index is 521. The van der Waals surface area contributed by atoms with E-state index >= 15 is 0 Å². The smallest absolute Gasteiger partial charge is 0.284 e. The van der Waals surface area contributed by atoms with E-state index in [0.717, 1.165) is 0 Å². The fourth-order valence-electron chi connectivity index (χ4n) is 3.33. The van der Waals surface area contributed by atoms with Gasteiger partial charge in [0.1, 0.15) is 0 Å². The summed E-state index contributed by atoms with van der Waals surface area (Å²) >= 11 is 0. The molecule has 0 aliphatic rings. The van der Waals surface area contributed by atoms with E-state index in [1.807, 2.05) is 0 Å². The van der Waals surface area contributed by atoms with Gasteiger partial charge in [0, 0.05) is 0 Å². The van der Waals surface area contributed by atoms with E-state index in [1.54, 1.807) is 0 Å². The van der Waals surface area contributed by atoms with Crippen LogP contribution in [0.2, 0.25) is 0 Å². The largest absolute Gasteiger partial charge is 0.324 e. The minimum Gasteiger partial charge on any atom is -0.324 e. The molecule has 0 saturated heterocycles. The molecule has 0 spiro atoms. The highest BCUT2D eigenvalue weighted by molar-refractivity contribution is 8.03. The van der Waals surface area contributed by atoms with Gasteiger partial charge >= 0.3 is 0 Å². The summed E-state index contributed by atoms with van der Waals surface area (Å²) in [7, 11) is -9.45. The second kappa shape index (κ2) is 16.5. The summed E-state index contributed by atoms with van der Waals surface area (Å²) in [5, 5.41) is 0. The van der Waals surface area contributed by atoms with Crippen LogP contribution in [-0.2, 0) is 20.2 Å². The molecule has 29 heavy (non-hydrogen) atoms. The molecule has 0 aromatic rings. The normalized spacial score (nSPS) is 12.7. The molecule has 7 nitrogen and oxygen atoms in total. The van der Waals surface area contributed by atoms with Crippen molar-refractivity contribution in [2.45, 2.75) is 103 Å². The van der Waals surface area contributed by atoms with E-state index in [0.29, 0.717) is 0 Å². The highest BCUT2D eigenvalue weighted by atomic mass is 32.3. The van der Waals surface area contributed by atoms with Crippen LogP contribution < -0.4 is 0 Å². The Morgan fingerprint density at radius 1 is 0.586 bits per heavy atom. The van der Waals surface area contributed by atoms with Crippen molar-refractivity contribution in [3.63, 3.8) is 0 Å². The average Bonchev–Trinajstić information content (AvgIpc) is 2.63. The monoisotopic (exact) mass is 460 g/mol. The van der Waals surface area contributed by atoms with E-state index in [-0.39, 0.29) is 12.8 Å². The minimum atomic E-state index is -4.72. The lowest BCUT2D eigenvalue weighted by Crippen LogP contribution is -2.50. The highest BCUT2D eigenvalue weighted by Gasteiger charge is 2.34. The van der Waals surface area contributed by atoms with E-state index < -0.39 is 24.8 Å². The lowest BCUT2D eigenvalue weighted by Gasteiger charge is -2.39. The molecule has 0 saturated carbocycles. The number of quaternary nitrogens is 1. The summed E-state index contributed by atoms with van der Waals surface area (Å²) in [6.07, 6.45) is 11.0. The van der Waals surface area contributed by atoms with Gasteiger partial charge in [0.05, 0.1) is 26.2 Å². The summed E-state index contributed by atoms with van der Waals surface area (Å²) in [5.41, 5.74) is 0. The van der Waals surface area contributed by atoms with Crippen LogP contribution in [0.25, 0.3) is 0 Å². The Hall–Kier alpha value is -0.220. The number of rotatable bonds is 16. The zero-order chi connectivity index (χ0) is 23.0. The number of hydrogen-bond donors (Lipinski definition) is 2. The average molecular weight is 461 g/mol. The summed E-state index contributed by atoms with van der Waals surface area (Å²) in [5.74, 6) is 0. The van der Waals surface area contributed by atoms with Crippen LogP contribution in [0.5, 0.6) is 0 Å². The number of unbranched alkanes of at least 4 members (excludes halogenated alkanes) is 4. The Morgan fingerprint density at radius 2 is 0.862 bits per heavy atom. The zero-order valence-electron chi connectivity index (χ0n) is 19.3. The summed E-state index contributed by atoms with van der Waals surface area (Å²) in [4.78, 5) is 0. The fourth-order valence-corrected chi connectivity index (χ4v) is 5.63. The second-order valence-corrected chi connectivity index (χ2v) is 11.4. The Balaban J connectivity index is 0. The van der Waals surface area contributed by atoms with E-state index in [9.17, 15) is 16.8 Å². The van der Waals surface area contributed by atoms with Gasteiger partial charge in [0.2, 0.25) is 4.58 Å². The highest BCUT2D eigenvalue weighted by Crippen LogP contribution is 2.16. The molecule has 9 heteroatoms. The van der Waals surface area contributed by atoms with Gasteiger partial charge < -0.3 is 4.48 Å². The second-order valence-electron chi connectivity index (χ2n) is 7.90. The molecule has 0 fully saturated rings. The van der Waals surface area contributed by atoms with Crippen LogP contribution in [0.15, 0.2) is 0 Å². The maximum atomic E-state index is 10.4. The van der Waals surface area contributed by atoms with Crippen molar-refractivity contribution in [3.8, 4) is 0 Å². The lowest BCUT2D eigenvalue weighted by atomic mass is 10.1. The first-order valence-electron chi connectivity index (χ1n) is 11.2. The maximum Gasteiger partial charge on any atom is 0.284 e. The summed E-state index contributed by atoms with van der Waals surface area (Å²) in [6.45, 7) is 16.5. The van der Waals surface area contributed by atoms with Crippen molar-refractivity contribution >= 4 is 20.2 Å². The van der Waals surface area contributed by atoms with Gasteiger partial charge in [0.25, 0.3) is 20.2 Å². The van der Waals surface area contributed by atoms with Gasteiger partial charge in [-0.05, 0) is 32.1 Å². The molecule has 0 bridgehead atoms. The molecular formula is C20H46NO6S2+. The van der Waals surface area contributed by atoms with Gasteiger partial charge in [-0.15, -0.1) is 0 Å². The standard InChI is InChI=1S/C16H36N.C4H10O6S2/c1-5-9-13-17(14-10-6-2,15-11-7-3)16-12-8-4;1-2-3-4(11(5,6)7)12(8,9)10/h5-16H2,1-4H3;4H,2-3H2,1H3,(H,5,6,7)(H,8,9,10)/q+1;. The van der Waals surface area contributed by atoms with Crippen molar-refractivity contribution < 1.29 is 30.4 Å². The van der Waals surface area contributed by atoms with Crippen molar-refractivity contribution in [1.82, 2.24) is 0 Å². The summed E-state index contributed by atoms with van der Waals surface area (Å²) < 4.78 is 57.6. The van der Waals surface area contributed by atoms with E-state index in [1.165, 1.54) is 89.0 Å². The van der Waals surface area contributed by atoms with Crippen LogP contribution in [-0.4, -0.2) is 61.2 Å². The van der Waals surface area contributed by atoms with Gasteiger partial charge in [-0.25, -0.2) is 0 Å². The van der Waals surface area contributed by atoms with Crippen LogP contribution in [0, 0.1) is 0 Å². The van der Waals surface area contributed by atoms with Crippen molar-refractivity contribution in [2.24, 2.45) is 0 Å². The lowest BCUT2D eigenvalue weighted by molar-refractivity contribution is -0.929. The molecule has 0 aromatic heterocycles. The molecule has 0 heterocycles. The van der Waals surface area contributed by atoms with Crippen LogP contribution in [0.4, 0.5) is 0 Å². The Morgan fingerprint density at radius 3 is 1.00 bits per heavy atom. The molecule has 0 amide bonds. The number of nitrogens with zero attached hydrogens (tertiary/aromatic N) is 1. The minimum absolute atomic E-state index is 0.226. The van der Waals surface area contributed by atoms with Crippen LogP contribution in [0.3, 0.4) is 0 Å². The van der Waals surface area contributed by atoms with E-state index in [4.69, 9.17) is 9.11 Å².